The minimum Gasteiger partial charge on any atom is -0.508 e. The fourth-order valence-electron chi connectivity index (χ4n) is 3.21. The molecule has 128 valence electrons. The molecule has 4 aromatic rings. The van der Waals surface area contributed by atoms with Crippen molar-refractivity contribution in [1.29, 1.82) is 0 Å². The van der Waals surface area contributed by atoms with Crippen LogP contribution in [0.3, 0.4) is 0 Å². The third-order valence-electron chi connectivity index (χ3n) is 4.46. The Morgan fingerprint density at radius 2 is 1.96 bits per heavy atom. The number of aromatic nitrogens is 3. The molecule has 0 atom stereocenters. The Morgan fingerprint density at radius 3 is 2.88 bits per heavy atom. The van der Waals surface area contributed by atoms with Crippen molar-refractivity contribution >= 4 is 5.65 Å². The molecular weight excluding hydrogens is 330 g/mol. The van der Waals surface area contributed by atoms with Crippen LogP contribution in [0.4, 0.5) is 0 Å². The quantitative estimate of drug-likeness (QED) is 0.601. The smallest absolute Gasteiger partial charge is 0.189 e. The number of benzene rings is 2. The average Bonchev–Trinajstić information content (AvgIpc) is 3.10. The van der Waals surface area contributed by atoms with Crippen LogP contribution in [0, 0.1) is 0 Å². The normalized spacial score (nSPS) is 13.4. The van der Waals surface area contributed by atoms with Gasteiger partial charge in [0.25, 0.3) is 0 Å². The van der Waals surface area contributed by atoms with Gasteiger partial charge in [0.2, 0.25) is 0 Å². The number of aromatic hydroxyl groups is 1. The van der Waals surface area contributed by atoms with Gasteiger partial charge in [-0.05, 0) is 30.3 Å². The highest BCUT2D eigenvalue weighted by Crippen LogP contribution is 2.34. The summed E-state index contributed by atoms with van der Waals surface area (Å²) in [6.45, 7) is 0.758. The second-order valence-corrected chi connectivity index (χ2v) is 6.08. The largest absolute Gasteiger partial charge is 0.508 e. The average molecular weight is 345 g/mol. The third kappa shape index (κ3) is 2.39. The van der Waals surface area contributed by atoms with Gasteiger partial charge in [0.15, 0.2) is 12.4 Å². The van der Waals surface area contributed by atoms with Crippen LogP contribution < -0.4 is 4.74 Å². The van der Waals surface area contributed by atoms with E-state index in [0.717, 1.165) is 39.5 Å². The van der Waals surface area contributed by atoms with Crippen molar-refractivity contribution < 1.29 is 14.6 Å². The minimum absolute atomic E-state index is 0.210. The summed E-state index contributed by atoms with van der Waals surface area (Å²) in [5, 5.41) is 14.5. The molecule has 2 aromatic heterocycles. The zero-order chi connectivity index (χ0) is 17.5. The summed E-state index contributed by atoms with van der Waals surface area (Å²) in [6, 6.07) is 16.8. The fourth-order valence-corrected chi connectivity index (χ4v) is 3.21. The zero-order valence-corrected chi connectivity index (χ0v) is 13.8. The summed E-state index contributed by atoms with van der Waals surface area (Å²) in [4.78, 5) is 4.47. The van der Waals surface area contributed by atoms with Gasteiger partial charge in [0.05, 0.1) is 24.2 Å². The summed E-state index contributed by atoms with van der Waals surface area (Å²) in [5.41, 5.74) is 5.19. The summed E-state index contributed by atoms with van der Waals surface area (Å²) in [7, 11) is 0. The third-order valence-corrected chi connectivity index (χ3v) is 4.46. The monoisotopic (exact) mass is 345 g/mol. The number of ether oxygens (including phenoxy) is 2. The van der Waals surface area contributed by atoms with Crippen molar-refractivity contribution in [3.8, 4) is 34.0 Å². The molecule has 1 aliphatic rings. The Labute approximate surface area is 149 Å². The molecule has 0 spiro atoms. The molecular formula is C20H15N3O3. The Bertz CT molecular complexity index is 1120. The first-order valence-electron chi connectivity index (χ1n) is 8.26. The molecule has 0 radical (unpaired) electrons. The van der Waals surface area contributed by atoms with Gasteiger partial charge in [-0.1, -0.05) is 24.3 Å². The lowest BCUT2D eigenvalue weighted by Gasteiger charge is -2.20. The Kier molecular flexibility index (Phi) is 3.36. The van der Waals surface area contributed by atoms with Crippen molar-refractivity contribution in [2.75, 3.05) is 6.79 Å². The molecule has 2 aromatic carbocycles. The highest BCUT2D eigenvalue weighted by atomic mass is 16.7. The van der Waals surface area contributed by atoms with E-state index in [0.29, 0.717) is 6.61 Å². The van der Waals surface area contributed by atoms with Crippen molar-refractivity contribution in [3.63, 3.8) is 0 Å². The van der Waals surface area contributed by atoms with Gasteiger partial charge in [-0.3, -0.25) is 0 Å². The van der Waals surface area contributed by atoms with Gasteiger partial charge in [0, 0.05) is 16.7 Å². The van der Waals surface area contributed by atoms with Crippen molar-refractivity contribution in [2.45, 2.75) is 6.61 Å². The molecule has 0 fully saturated rings. The van der Waals surface area contributed by atoms with Gasteiger partial charge in [0.1, 0.15) is 11.5 Å². The van der Waals surface area contributed by atoms with Crippen molar-refractivity contribution in [2.24, 2.45) is 0 Å². The fraction of sp³-hybridized carbons (Fsp3) is 0.100. The van der Waals surface area contributed by atoms with Crippen molar-refractivity contribution in [3.05, 3.63) is 66.4 Å². The number of nitrogens with zero attached hydrogens (tertiary/aromatic N) is 3. The number of hydrogen-bond acceptors (Lipinski definition) is 5. The number of fused-ring (bicyclic) bond motifs is 2. The van der Waals surface area contributed by atoms with Crippen LogP contribution in [-0.4, -0.2) is 26.5 Å². The van der Waals surface area contributed by atoms with Gasteiger partial charge >= 0.3 is 0 Å². The van der Waals surface area contributed by atoms with Crippen LogP contribution in [0.15, 0.2) is 60.8 Å². The molecule has 0 bridgehead atoms. The maximum absolute atomic E-state index is 9.74. The molecule has 1 aliphatic heterocycles. The van der Waals surface area contributed by atoms with E-state index in [9.17, 15) is 5.11 Å². The predicted molar refractivity (Wildman–Crippen MR) is 95.8 cm³/mol. The maximum atomic E-state index is 9.74. The Hall–Kier alpha value is -3.38. The van der Waals surface area contributed by atoms with Crippen LogP contribution in [0.5, 0.6) is 11.5 Å². The standard InChI is InChI=1S/C20H15N3O3/c24-14-4-1-3-13(9-14)17-7-8-20-21-10-18(23(20)22-17)15-5-2-6-19-16(15)11-25-12-26-19/h1-10,24H,11-12H2. The van der Waals surface area contributed by atoms with E-state index in [1.165, 1.54) is 0 Å². The SMILES string of the molecule is Oc1cccc(-c2ccc3ncc(-c4cccc5c4COCO5)n3n2)c1. The molecule has 5 rings (SSSR count). The lowest BCUT2D eigenvalue weighted by molar-refractivity contribution is -0.0160. The van der Waals surface area contributed by atoms with E-state index in [1.807, 2.05) is 40.9 Å². The summed E-state index contributed by atoms with van der Waals surface area (Å²) >= 11 is 0. The number of rotatable bonds is 2. The molecule has 6 heteroatoms. The molecule has 1 N–H and O–H groups in total. The molecule has 26 heavy (non-hydrogen) atoms. The first kappa shape index (κ1) is 14.9. The van der Waals surface area contributed by atoms with Gasteiger partial charge in [-0.25, -0.2) is 9.50 Å². The molecule has 3 heterocycles. The molecule has 0 unspecified atom stereocenters. The van der Waals surface area contributed by atoms with Crippen LogP contribution in [-0.2, 0) is 11.3 Å². The first-order chi connectivity index (χ1) is 12.8. The number of phenolic OH excluding ortho intramolecular Hbond substituents is 1. The maximum Gasteiger partial charge on any atom is 0.189 e. The lowest BCUT2D eigenvalue weighted by Crippen LogP contribution is -2.12. The number of hydrogen-bond donors (Lipinski definition) is 1. The van der Waals surface area contributed by atoms with E-state index < -0.39 is 0 Å². The van der Waals surface area contributed by atoms with E-state index in [1.54, 1.807) is 24.4 Å². The molecule has 0 saturated carbocycles. The summed E-state index contributed by atoms with van der Waals surface area (Å²) in [5.74, 6) is 1.04. The summed E-state index contributed by atoms with van der Waals surface area (Å²) < 4.78 is 12.8. The zero-order valence-electron chi connectivity index (χ0n) is 13.8. The summed E-state index contributed by atoms with van der Waals surface area (Å²) in [6.07, 6.45) is 1.80. The molecule has 0 amide bonds. The Balaban J connectivity index is 1.69. The van der Waals surface area contributed by atoms with Gasteiger partial charge < -0.3 is 14.6 Å². The van der Waals surface area contributed by atoms with Crippen LogP contribution in [0.2, 0.25) is 0 Å². The molecule has 6 nitrogen and oxygen atoms in total. The number of imidazole rings is 1. The van der Waals surface area contributed by atoms with Gasteiger partial charge in [-0.2, -0.15) is 5.10 Å². The highest BCUT2D eigenvalue weighted by Gasteiger charge is 2.18. The molecule has 0 aliphatic carbocycles. The van der Waals surface area contributed by atoms with E-state index in [2.05, 4.69) is 4.98 Å². The van der Waals surface area contributed by atoms with Crippen LogP contribution >= 0.6 is 0 Å². The van der Waals surface area contributed by atoms with E-state index in [-0.39, 0.29) is 12.5 Å². The minimum atomic E-state index is 0.210. The lowest BCUT2D eigenvalue weighted by atomic mass is 10.0. The highest BCUT2D eigenvalue weighted by molar-refractivity contribution is 5.70. The van der Waals surface area contributed by atoms with Crippen LogP contribution in [0.1, 0.15) is 5.56 Å². The number of phenols is 1. The van der Waals surface area contributed by atoms with Gasteiger partial charge in [-0.15, -0.1) is 0 Å². The molecule has 0 saturated heterocycles. The van der Waals surface area contributed by atoms with E-state index in [4.69, 9.17) is 14.6 Å². The predicted octanol–water partition coefficient (Wildman–Crippen LogP) is 3.64. The topological polar surface area (TPSA) is 68.9 Å². The van der Waals surface area contributed by atoms with Crippen molar-refractivity contribution in [1.82, 2.24) is 14.6 Å². The van der Waals surface area contributed by atoms with Crippen LogP contribution in [0.25, 0.3) is 28.2 Å². The van der Waals surface area contributed by atoms with E-state index >= 15 is 0 Å². The second-order valence-electron chi connectivity index (χ2n) is 6.08. The first-order valence-corrected chi connectivity index (χ1v) is 8.26. The Morgan fingerprint density at radius 1 is 1.04 bits per heavy atom. The second kappa shape index (κ2) is 5.86.